The van der Waals surface area contributed by atoms with Gasteiger partial charge in [-0.05, 0) is 44.5 Å². The minimum absolute atomic E-state index is 0.0313. The van der Waals surface area contributed by atoms with Crippen LogP contribution in [0.2, 0.25) is 0 Å². The predicted octanol–water partition coefficient (Wildman–Crippen LogP) is 2.95. The van der Waals surface area contributed by atoms with E-state index in [-0.39, 0.29) is 29.2 Å². The quantitative estimate of drug-likeness (QED) is 0.625. The maximum atomic E-state index is 13.0. The molecule has 0 aliphatic carbocycles. The summed E-state index contributed by atoms with van der Waals surface area (Å²) >= 11 is 0. The first-order chi connectivity index (χ1) is 14.8. The number of rotatable bonds is 3. The maximum Gasteiger partial charge on any atom is 0.289 e. The van der Waals surface area contributed by atoms with Gasteiger partial charge in [0.15, 0.2) is 11.2 Å². The zero-order valence-corrected chi connectivity index (χ0v) is 18.3. The number of sulfonamides is 1. The Morgan fingerprint density at radius 2 is 1.61 bits per heavy atom. The summed E-state index contributed by atoms with van der Waals surface area (Å²) in [6, 6.07) is 13.2. The Morgan fingerprint density at radius 1 is 0.903 bits per heavy atom. The second kappa shape index (κ2) is 8.28. The fourth-order valence-electron chi connectivity index (χ4n) is 3.73. The molecule has 8 heteroatoms. The average molecular weight is 441 g/mol. The van der Waals surface area contributed by atoms with Gasteiger partial charge < -0.3 is 9.32 Å². The van der Waals surface area contributed by atoms with Crippen LogP contribution in [-0.4, -0.2) is 49.7 Å². The highest BCUT2D eigenvalue weighted by atomic mass is 32.2. The molecule has 2 aromatic carbocycles. The molecule has 3 aromatic rings. The van der Waals surface area contributed by atoms with E-state index in [2.05, 4.69) is 0 Å². The number of hydrogen-bond acceptors (Lipinski definition) is 5. The van der Waals surface area contributed by atoms with Gasteiger partial charge in [-0.15, -0.1) is 0 Å². The molecule has 4 rings (SSSR count). The van der Waals surface area contributed by atoms with Gasteiger partial charge >= 0.3 is 0 Å². The van der Waals surface area contributed by atoms with Gasteiger partial charge in [0.2, 0.25) is 10.0 Å². The van der Waals surface area contributed by atoms with Crippen LogP contribution < -0.4 is 5.43 Å². The van der Waals surface area contributed by atoms with E-state index in [4.69, 9.17) is 4.42 Å². The van der Waals surface area contributed by atoms with E-state index in [1.807, 2.05) is 19.9 Å². The van der Waals surface area contributed by atoms with E-state index in [1.165, 1.54) is 10.4 Å². The number of carbonyl (C=O) groups excluding carboxylic acids is 1. The van der Waals surface area contributed by atoms with Crippen LogP contribution in [-0.2, 0) is 10.0 Å². The minimum atomic E-state index is -3.63. The third-order valence-electron chi connectivity index (χ3n) is 5.49. The van der Waals surface area contributed by atoms with Crippen molar-refractivity contribution in [1.29, 1.82) is 0 Å². The van der Waals surface area contributed by atoms with E-state index in [1.54, 1.807) is 41.3 Å². The lowest BCUT2D eigenvalue weighted by Crippen LogP contribution is -2.37. The first-order valence-corrected chi connectivity index (χ1v) is 11.6. The van der Waals surface area contributed by atoms with Crippen molar-refractivity contribution in [2.24, 2.45) is 0 Å². The summed E-state index contributed by atoms with van der Waals surface area (Å²) < 4.78 is 33.1. The number of benzene rings is 2. The molecule has 0 spiro atoms. The molecule has 1 aliphatic rings. The highest BCUT2D eigenvalue weighted by molar-refractivity contribution is 7.89. The van der Waals surface area contributed by atoms with E-state index < -0.39 is 15.9 Å². The molecule has 0 radical (unpaired) electrons. The Balaban J connectivity index is 1.54. The van der Waals surface area contributed by atoms with Gasteiger partial charge in [0.1, 0.15) is 5.58 Å². The standard InChI is InChI=1S/C23H24N2O5S/c1-16-4-7-18(8-5-16)31(28,29)25-11-3-10-24(12-13-25)23(27)22-15-20(26)19-14-17(2)6-9-21(19)30-22/h4-9,14-15H,3,10-13H2,1-2H3. The largest absolute Gasteiger partial charge is 0.451 e. The lowest BCUT2D eigenvalue weighted by Gasteiger charge is -2.21. The number of aryl methyl sites for hydroxylation is 2. The van der Waals surface area contributed by atoms with Crippen LogP contribution in [0, 0.1) is 13.8 Å². The molecule has 1 fully saturated rings. The number of hydrogen-bond donors (Lipinski definition) is 0. The van der Waals surface area contributed by atoms with Crippen molar-refractivity contribution in [2.45, 2.75) is 25.2 Å². The molecule has 0 unspecified atom stereocenters. The van der Waals surface area contributed by atoms with Gasteiger partial charge in [-0.3, -0.25) is 9.59 Å². The molecule has 0 atom stereocenters. The SMILES string of the molecule is Cc1ccc(S(=O)(=O)N2CCCN(C(=O)c3cc(=O)c4cc(C)ccc4o3)CC2)cc1. The second-order valence-electron chi connectivity index (χ2n) is 7.84. The number of carbonyl (C=O) groups is 1. The molecule has 1 amide bonds. The number of nitrogens with zero attached hydrogens (tertiary/aromatic N) is 2. The topological polar surface area (TPSA) is 87.9 Å². The molecule has 1 aromatic heterocycles. The summed E-state index contributed by atoms with van der Waals surface area (Å²) in [4.78, 5) is 27.2. The minimum Gasteiger partial charge on any atom is -0.451 e. The highest BCUT2D eigenvalue weighted by Gasteiger charge is 2.29. The summed E-state index contributed by atoms with van der Waals surface area (Å²) in [5.41, 5.74) is 2.01. The molecule has 7 nitrogen and oxygen atoms in total. The van der Waals surface area contributed by atoms with Crippen molar-refractivity contribution in [3.05, 3.63) is 75.6 Å². The molecular formula is C23H24N2O5S. The van der Waals surface area contributed by atoms with Gasteiger partial charge in [-0.25, -0.2) is 8.42 Å². The van der Waals surface area contributed by atoms with Gasteiger partial charge in [-0.1, -0.05) is 29.3 Å². The smallest absolute Gasteiger partial charge is 0.289 e. The first kappa shape index (κ1) is 21.3. The highest BCUT2D eigenvalue weighted by Crippen LogP contribution is 2.20. The van der Waals surface area contributed by atoms with Crippen molar-refractivity contribution in [2.75, 3.05) is 26.2 Å². The molecule has 1 aliphatic heterocycles. The van der Waals surface area contributed by atoms with Crippen LogP contribution in [0.15, 0.2) is 62.6 Å². The van der Waals surface area contributed by atoms with Crippen LogP contribution in [0.3, 0.4) is 0 Å². The molecule has 0 bridgehead atoms. The number of fused-ring (bicyclic) bond motifs is 1. The lowest BCUT2D eigenvalue weighted by atomic mass is 10.1. The van der Waals surface area contributed by atoms with Crippen molar-refractivity contribution in [1.82, 2.24) is 9.21 Å². The van der Waals surface area contributed by atoms with Crippen LogP contribution in [0.1, 0.15) is 28.1 Å². The maximum absolute atomic E-state index is 13.0. The van der Waals surface area contributed by atoms with Crippen LogP contribution in [0.5, 0.6) is 0 Å². The Kier molecular flexibility index (Phi) is 5.68. The molecule has 1 saturated heterocycles. The van der Waals surface area contributed by atoms with Crippen LogP contribution >= 0.6 is 0 Å². The van der Waals surface area contributed by atoms with Crippen molar-refractivity contribution < 1.29 is 17.6 Å². The van der Waals surface area contributed by atoms with Gasteiger partial charge in [0.25, 0.3) is 5.91 Å². The predicted molar refractivity (Wildman–Crippen MR) is 118 cm³/mol. The van der Waals surface area contributed by atoms with E-state index in [9.17, 15) is 18.0 Å². The number of amides is 1. The third-order valence-corrected chi connectivity index (χ3v) is 7.41. The molecule has 31 heavy (non-hydrogen) atoms. The van der Waals surface area contributed by atoms with Crippen LogP contribution in [0.25, 0.3) is 11.0 Å². The zero-order valence-electron chi connectivity index (χ0n) is 17.5. The third kappa shape index (κ3) is 4.26. The zero-order chi connectivity index (χ0) is 22.2. The monoisotopic (exact) mass is 440 g/mol. The van der Waals surface area contributed by atoms with Gasteiger partial charge in [-0.2, -0.15) is 4.31 Å². The fraction of sp³-hybridized carbons (Fsp3) is 0.304. The summed E-state index contributed by atoms with van der Waals surface area (Å²) in [6.45, 7) is 4.89. The van der Waals surface area contributed by atoms with E-state index in [0.29, 0.717) is 30.5 Å². The Bertz CT molecular complexity index is 1300. The molecule has 0 N–H and O–H groups in total. The summed E-state index contributed by atoms with van der Waals surface area (Å²) in [6.07, 6.45) is 0.494. The van der Waals surface area contributed by atoms with Crippen molar-refractivity contribution in [3.8, 4) is 0 Å². The lowest BCUT2D eigenvalue weighted by molar-refractivity contribution is 0.0733. The van der Waals surface area contributed by atoms with Crippen molar-refractivity contribution in [3.63, 3.8) is 0 Å². The van der Waals surface area contributed by atoms with E-state index in [0.717, 1.165) is 11.1 Å². The molecule has 2 heterocycles. The Hall–Kier alpha value is -2.97. The van der Waals surface area contributed by atoms with Gasteiger partial charge in [0.05, 0.1) is 10.3 Å². The Labute approximate surface area is 180 Å². The fourth-order valence-corrected chi connectivity index (χ4v) is 5.20. The molecule has 162 valence electrons. The van der Waals surface area contributed by atoms with Crippen LogP contribution in [0.4, 0.5) is 0 Å². The molecule has 0 saturated carbocycles. The normalized spacial score (nSPS) is 15.7. The molecular weight excluding hydrogens is 416 g/mol. The van der Waals surface area contributed by atoms with Gasteiger partial charge in [0, 0.05) is 32.2 Å². The Morgan fingerprint density at radius 3 is 2.35 bits per heavy atom. The summed E-state index contributed by atoms with van der Waals surface area (Å²) in [5.74, 6) is -0.439. The average Bonchev–Trinajstić information content (AvgIpc) is 3.01. The summed E-state index contributed by atoms with van der Waals surface area (Å²) in [5, 5.41) is 0.433. The summed E-state index contributed by atoms with van der Waals surface area (Å²) in [7, 11) is -3.63. The second-order valence-corrected chi connectivity index (χ2v) is 9.78. The van der Waals surface area contributed by atoms with Crippen molar-refractivity contribution >= 4 is 26.9 Å². The first-order valence-electron chi connectivity index (χ1n) is 10.2. The van der Waals surface area contributed by atoms with E-state index >= 15 is 0 Å².